The van der Waals surface area contributed by atoms with Crippen molar-refractivity contribution in [3.63, 3.8) is 0 Å². The molecule has 0 radical (unpaired) electrons. The van der Waals surface area contributed by atoms with Crippen molar-refractivity contribution in [1.82, 2.24) is 19.4 Å². The van der Waals surface area contributed by atoms with Crippen LogP contribution in [0.15, 0.2) is 22.5 Å². The molecule has 4 rings (SSSR count). The van der Waals surface area contributed by atoms with Crippen LogP contribution in [0.25, 0.3) is 0 Å². The maximum Gasteiger partial charge on any atom is 0.252 e. The third kappa shape index (κ3) is 3.19. The number of aromatic amines is 1. The summed E-state index contributed by atoms with van der Waals surface area (Å²) in [6, 6.07) is 3.69. The fourth-order valence-electron chi connectivity index (χ4n) is 3.74. The van der Waals surface area contributed by atoms with E-state index in [-0.39, 0.29) is 11.8 Å². The highest BCUT2D eigenvalue weighted by Crippen LogP contribution is 2.35. The van der Waals surface area contributed by atoms with E-state index in [1.54, 1.807) is 28.4 Å². The Bertz CT molecular complexity index is 905. The summed E-state index contributed by atoms with van der Waals surface area (Å²) in [6.07, 6.45) is 4.23. The molecule has 1 N–H and O–H groups in total. The van der Waals surface area contributed by atoms with Crippen LogP contribution in [0.5, 0.6) is 0 Å². The molecule has 0 bridgehead atoms. The number of amides is 1. The molecular weight excluding hydrogens is 372 g/mol. The van der Waals surface area contributed by atoms with E-state index < -0.39 is 10.0 Å². The predicted molar refractivity (Wildman–Crippen MR) is 98.4 cm³/mol. The van der Waals surface area contributed by atoms with E-state index in [4.69, 9.17) is 0 Å². The maximum absolute atomic E-state index is 13.2. The van der Waals surface area contributed by atoms with Crippen LogP contribution in [-0.2, 0) is 27.8 Å². The Morgan fingerprint density at radius 1 is 1.38 bits per heavy atom. The quantitative estimate of drug-likeness (QED) is 0.862. The van der Waals surface area contributed by atoms with Crippen LogP contribution in [0.4, 0.5) is 0 Å². The van der Waals surface area contributed by atoms with Gasteiger partial charge in [0.1, 0.15) is 4.21 Å². The SMILES string of the molecule is CC(=O)N1CCc2sc(S(=O)(=O)N3CCCC(c4ccn[nH]4)C3)cc2C1. The number of nitrogens with one attached hydrogen (secondary N) is 1. The topological polar surface area (TPSA) is 86.4 Å². The van der Waals surface area contributed by atoms with E-state index in [0.717, 1.165) is 35.4 Å². The molecule has 7 nitrogen and oxygen atoms in total. The van der Waals surface area contributed by atoms with E-state index in [9.17, 15) is 13.2 Å². The Balaban J connectivity index is 1.56. The Morgan fingerprint density at radius 2 is 2.23 bits per heavy atom. The molecule has 2 aromatic heterocycles. The van der Waals surface area contributed by atoms with E-state index >= 15 is 0 Å². The van der Waals surface area contributed by atoms with Crippen LogP contribution in [0, 0.1) is 0 Å². The minimum atomic E-state index is -3.50. The largest absolute Gasteiger partial charge is 0.338 e. The molecule has 1 saturated heterocycles. The molecule has 1 amide bonds. The summed E-state index contributed by atoms with van der Waals surface area (Å²) in [4.78, 5) is 14.5. The lowest BCUT2D eigenvalue weighted by molar-refractivity contribution is -0.129. The number of aromatic nitrogens is 2. The summed E-state index contributed by atoms with van der Waals surface area (Å²) in [7, 11) is -3.50. The van der Waals surface area contributed by atoms with Gasteiger partial charge in [0, 0.05) is 55.8 Å². The standard InChI is InChI=1S/C17H22N4O3S2/c1-12(22)20-8-5-16-14(10-20)9-17(25-16)26(23,24)21-7-2-3-13(11-21)15-4-6-18-19-15/h4,6,9,13H,2-3,5,7-8,10-11H2,1H3,(H,18,19). The first-order valence-corrected chi connectivity index (χ1v) is 11.1. The Morgan fingerprint density at radius 3 is 2.96 bits per heavy atom. The van der Waals surface area contributed by atoms with E-state index in [1.807, 2.05) is 6.07 Å². The van der Waals surface area contributed by atoms with Gasteiger partial charge in [0.05, 0.1) is 0 Å². The van der Waals surface area contributed by atoms with Crippen molar-refractivity contribution in [2.75, 3.05) is 19.6 Å². The summed E-state index contributed by atoms with van der Waals surface area (Å²) in [5.74, 6) is 0.188. The van der Waals surface area contributed by atoms with Gasteiger partial charge in [0.15, 0.2) is 0 Å². The molecule has 9 heteroatoms. The number of sulfonamides is 1. The number of thiophene rings is 1. The van der Waals surface area contributed by atoms with Crippen LogP contribution in [0.1, 0.15) is 41.8 Å². The monoisotopic (exact) mass is 394 g/mol. The molecule has 0 spiro atoms. The van der Waals surface area contributed by atoms with E-state index in [2.05, 4.69) is 10.2 Å². The smallest absolute Gasteiger partial charge is 0.252 e. The molecule has 1 atom stereocenters. The molecule has 0 aromatic carbocycles. The second-order valence-electron chi connectivity index (χ2n) is 6.92. The molecule has 2 aromatic rings. The highest BCUT2D eigenvalue weighted by Gasteiger charge is 2.34. The van der Waals surface area contributed by atoms with Crippen molar-refractivity contribution in [3.05, 3.63) is 34.5 Å². The van der Waals surface area contributed by atoms with Crippen molar-refractivity contribution in [1.29, 1.82) is 0 Å². The summed E-state index contributed by atoms with van der Waals surface area (Å²) >= 11 is 1.36. The van der Waals surface area contributed by atoms with Gasteiger partial charge in [-0.15, -0.1) is 11.3 Å². The number of carbonyl (C=O) groups excluding carboxylic acids is 1. The second-order valence-corrected chi connectivity index (χ2v) is 10.2. The van der Waals surface area contributed by atoms with E-state index in [0.29, 0.717) is 30.4 Å². The number of piperidine rings is 1. The zero-order chi connectivity index (χ0) is 18.3. The second kappa shape index (κ2) is 6.79. The third-order valence-corrected chi connectivity index (χ3v) is 8.78. The minimum absolute atomic E-state index is 0.0321. The number of hydrogen-bond donors (Lipinski definition) is 1. The fourth-order valence-corrected chi connectivity index (χ4v) is 6.96. The Kier molecular flexibility index (Phi) is 4.62. The average Bonchev–Trinajstić information content (AvgIpc) is 3.31. The highest BCUT2D eigenvalue weighted by molar-refractivity contribution is 7.91. The lowest BCUT2D eigenvalue weighted by Crippen LogP contribution is -2.38. The number of rotatable bonds is 3. The minimum Gasteiger partial charge on any atom is -0.338 e. The van der Waals surface area contributed by atoms with Crippen molar-refractivity contribution >= 4 is 27.3 Å². The lowest BCUT2D eigenvalue weighted by Gasteiger charge is -2.30. The average molecular weight is 395 g/mol. The van der Waals surface area contributed by atoms with Crippen LogP contribution in [0.3, 0.4) is 0 Å². The van der Waals surface area contributed by atoms with Crippen molar-refractivity contribution in [2.45, 2.75) is 42.9 Å². The third-order valence-electron chi connectivity index (χ3n) is 5.23. The molecule has 2 aliphatic rings. The van der Waals surface area contributed by atoms with Gasteiger partial charge in [-0.1, -0.05) is 0 Å². The number of H-pyrrole nitrogens is 1. The van der Waals surface area contributed by atoms with E-state index in [1.165, 1.54) is 11.3 Å². The van der Waals surface area contributed by atoms with Gasteiger partial charge in [-0.3, -0.25) is 9.89 Å². The summed E-state index contributed by atoms with van der Waals surface area (Å²) in [5, 5.41) is 6.95. The number of nitrogens with zero attached hydrogens (tertiary/aromatic N) is 3. The van der Waals surface area contributed by atoms with Crippen molar-refractivity contribution < 1.29 is 13.2 Å². The molecule has 0 aliphatic carbocycles. The molecule has 1 unspecified atom stereocenters. The zero-order valence-corrected chi connectivity index (χ0v) is 16.3. The number of fused-ring (bicyclic) bond motifs is 1. The van der Waals surface area contributed by atoms with Crippen LogP contribution < -0.4 is 0 Å². The number of carbonyl (C=O) groups is 1. The van der Waals surface area contributed by atoms with Crippen molar-refractivity contribution in [3.8, 4) is 0 Å². The summed E-state index contributed by atoms with van der Waals surface area (Å²) < 4.78 is 28.3. The normalized spacial score (nSPS) is 21.6. The van der Waals surface area contributed by atoms with Gasteiger partial charge in [-0.25, -0.2) is 8.42 Å². The summed E-state index contributed by atoms with van der Waals surface area (Å²) in [6.45, 7) is 3.75. The molecular formula is C17H22N4O3S2. The molecule has 2 aliphatic heterocycles. The van der Waals surface area contributed by atoms with Crippen LogP contribution in [0.2, 0.25) is 0 Å². The van der Waals surface area contributed by atoms with Gasteiger partial charge in [-0.05, 0) is 37.0 Å². The highest BCUT2D eigenvalue weighted by atomic mass is 32.2. The van der Waals surface area contributed by atoms with Gasteiger partial charge >= 0.3 is 0 Å². The lowest BCUT2D eigenvalue weighted by atomic mass is 9.96. The fraction of sp³-hybridized carbons (Fsp3) is 0.529. The predicted octanol–water partition coefficient (Wildman–Crippen LogP) is 1.94. The van der Waals surface area contributed by atoms with Crippen LogP contribution >= 0.6 is 11.3 Å². The number of hydrogen-bond acceptors (Lipinski definition) is 5. The van der Waals surface area contributed by atoms with Gasteiger partial charge in [0.2, 0.25) is 5.91 Å². The Labute approximate surface area is 157 Å². The first-order valence-electron chi connectivity index (χ1n) is 8.81. The van der Waals surface area contributed by atoms with Gasteiger partial charge in [0.25, 0.3) is 10.0 Å². The molecule has 26 heavy (non-hydrogen) atoms. The maximum atomic E-state index is 13.2. The van der Waals surface area contributed by atoms with Gasteiger partial charge < -0.3 is 4.90 Å². The Hall–Kier alpha value is -1.71. The molecule has 140 valence electrons. The molecule has 4 heterocycles. The first-order chi connectivity index (χ1) is 12.4. The van der Waals surface area contributed by atoms with Crippen LogP contribution in [-0.4, -0.2) is 53.4 Å². The first kappa shape index (κ1) is 17.7. The zero-order valence-electron chi connectivity index (χ0n) is 14.6. The van der Waals surface area contributed by atoms with Gasteiger partial charge in [-0.2, -0.15) is 9.40 Å². The van der Waals surface area contributed by atoms with Crippen molar-refractivity contribution in [2.24, 2.45) is 0 Å². The molecule has 0 saturated carbocycles. The summed E-state index contributed by atoms with van der Waals surface area (Å²) in [5.41, 5.74) is 1.96. The molecule has 1 fully saturated rings.